The molecule has 0 radical (unpaired) electrons. The average Bonchev–Trinajstić information content (AvgIpc) is 2.14. The molecular formula is C4H6N2O2. The highest BCUT2D eigenvalue weighted by Gasteiger charge is 1.91. The Hall–Kier alpha value is -1.03. The molecule has 1 aromatic rings. The molecule has 1 rings (SSSR count). The Morgan fingerprint density at radius 3 is 2.75 bits per heavy atom. The van der Waals surface area contributed by atoms with E-state index in [0.717, 1.165) is 4.73 Å². The van der Waals surface area contributed by atoms with Gasteiger partial charge in [0.25, 0.3) is 0 Å². The SMILES string of the molecule is OCc1cn(O)cn1. The van der Waals surface area contributed by atoms with Gasteiger partial charge in [-0.05, 0) is 0 Å². The van der Waals surface area contributed by atoms with Gasteiger partial charge in [-0.1, -0.05) is 0 Å². The molecule has 0 unspecified atom stereocenters. The monoisotopic (exact) mass is 114 g/mol. The first-order valence-electron chi connectivity index (χ1n) is 2.16. The van der Waals surface area contributed by atoms with Gasteiger partial charge < -0.3 is 10.3 Å². The molecule has 8 heavy (non-hydrogen) atoms. The van der Waals surface area contributed by atoms with E-state index in [-0.39, 0.29) is 6.61 Å². The molecule has 0 aliphatic heterocycles. The fraction of sp³-hybridized carbons (Fsp3) is 0.250. The molecule has 0 spiro atoms. The van der Waals surface area contributed by atoms with Crippen LogP contribution in [0.2, 0.25) is 0 Å². The van der Waals surface area contributed by atoms with Crippen molar-refractivity contribution in [2.24, 2.45) is 0 Å². The van der Waals surface area contributed by atoms with Crippen molar-refractivity contribution in [3.63, 3.8) is 0 Å². The molecule has 0 aliphatic rings. The second kappa shape index (κ2) is 1.83. The van der Waals surface area contributed by atoms with Gasteiger partial charge in [-0.3, -0.25) is 0 Å². The van der Waals surface area contributed by atoms with Crippen LogP contribution in [0.15, 0.2) is 12.5 Å². The van der Waals surface area contributed by atoms with E-state index in [2.05, 4.69) is 4.98 Å². The molecule has 1 heterocycles. The van der Waals surface area contributed by atoms with Crippen molar-refractivity contribution >= 4 is 0 Å². The predicted octanol–water partition coefficient (Wildman–Crippen LogP) is -0.387. The van der Waals surface area contributed by atoms with Crippen molar-refractivity contribution in [1.82, 2.24) is 9.71 Å². The summed E-state index contributed by atoms with van der Waals surface area (Å²) in [5, 5.41) is 16.9. The Bertz CT molecular complexity index is 172. The minimum absolute atomic E-state index is 0.131. The summed E-state index contributed by atoms with van der Waals surface area (Å²) < 4.78 is 0.797. The average molecular weight is 114 g/mol. The largest absolute Gasteiger partial charge is 0.427 e. The molecule has 0 bridgehead atoms. The topological polar surface area (TPSA) is 58.3 Å². The summed E-state index contributed by atoms with van der Waals surface area (Å²) in [5.74, 6) is 0. The molecule has 0 aromatic carbocycles. The summed E-state index contributed by atoms with van der Waals surface area (Å²) in [5.41, 5.74) is 0.465. The summed E-state index contributed by atoms with van der Waals surface area (Å²) in [6.45, 7) is -0.131. The summed E-state index contributed by atoms with van der Waals surface area (Å²) in [6.07, 6.45) is 2.55. The Morgan fingerprint density at radius 1 is 1.75 bits per heavy atom. The van der Waals surface area contributed by atoms with Crippen molar-refractivity contribution in [1.29, 1.82) is 0 Å². The molecule has 2 N–H and O–H groups in total. The quantitative estimate of drug-likeness (QED) is 0.489. The smallest absolute Gasteiger partial charge is 0.132 e. The number of hydrogen-bond acceptors (Lipinski definition) is 3. The van der Waals surface area contributed by atoms with Gasteiger partial charge in [0.2, 0.25) is 0 Å². The van der Waals surface area contributed by atoms with Gasteiger partial charge in [0.15, 0.2) is 0 Å². The van der Waals surface area contributed by atoms with Crippen LogP contribution >= 0.6 is 0 Å². The van der Waals surface area contributed by atoms with E-state index in [1.165, 1.54) is 12.5 Å². The molecule has 0 aliphatic carbocycles. The van der Waals surface area contributed by atoms with Crippen LogP contribution in [-0.4, -0.2) is 20.0 Å². The Balaban J connectivity index is 2.84. The molecule has 4 heteroatoms. The molecule has 0 saturated heterocycles. The zero-order chi connectivity index (χ0) is 5.98. The molecule has 0 fully saturated rings. The number of hydrogen-bond donors (Lipinski definition) is 2. The molecule has 4 nitrogen and oxygen atoms in total. The molecule has 0 saturated carbocycles. The third kappa shape index (κ3) is 0.788. The van der Waals surface area contributed by atoms with Gasteiger partial charge in [-0.2, -0.15) is 4.73 Å². The molecular weight excluding hydrogens is 108 g/mol. The highest BCUT2D eigenvalue weighted by molar-refractivity contribution is 4.91. The lowest BCUT2D eigenvalue weighted by atomic mass is 10.5. The van der Waals surface area contributed by atoms with E-state index < -0.39 is 0 Å². The summed E-state index contributed by atoms with van der Waals surface area (Å²) in [6, 6.07) is 0. The molecule has 1 aromatic heterocycles. The van der Waals surface area contributed by atoms with E-state index >= 15 is 0 Å². The van der Waals surface area contributed by atoms with E-state index in [1.54, 1.807) is 0 Å². The van der Waals surface area contributed by atoms with Crippen LogP contribution in [0.5, 0.6) is 0 Å². The second-order valence-electron chi connectivity index (χ2n) is 1.40. The van der Waals surface area contributed by atoms with E-state index in [4.69, 9.17) is 10.3 Å². The van der Waals surface area contributed by atoms with E-state index in [9.17, 15) is 0 Å². The normalized spacial score (nSPS) is 9.62. The van der Waals surface area contributed by atoms with Crippen LogP contribution in [0.25, 0.3) is 0 Å². The summed E-state index contributed by atoms with van der Waals surface area (Å²) in [7, 11) is 0. The van der Waals surface area contributed by atoms with Gasteiger partial charge >= 0.3 is 0 Å². The Kier molecular flexibility index (Phi) is 1.17. The first kappa shape index (κ1) is 5.11. The zero-order valence-electron chi connectivity index (χ0n) is 4.15. The number of imidazole rings is 1. The standard InChI is InChI=1S/C4H6N2O2/c7-2-4-1-6(8)3-5-4/h1,3,7-8H,2H2. The highest BCUT2D eigenvalue weighted by Crippen LogP contribution is 1.90. The Labute approximate surface area is 46.0 Å². The zero-order valence-corrected chi connectivity index (χ0v) is 4.15. The molecule has 0 amide bonds. The van der Waals surface area contributed by atoms with Crippen molar-refractivity contribution in [2.75, 3.05) is 0 Å². The van der Waals surface area contributed by atoms with Crippen LogP contribution < -0.4 is 0 Å². The van der Waals surface area contributed by atoms with Crippen molar-refractivity contribution in [3.8, 4) is 0 Å². The maximum absolute atomic E-state index is 8.53. The van der Waals surface area contributed by atoms with Crippen LogP contribution in [0, 0.1) is 0 Å². The van der Waals surface area contributed by atoms with Gasteiger partial charge in [0.1, 0.15) is 6.33 Å². The summed E-state index contributed by atoms with van der Waals surface area (Å²) >= 11 is 0. The third-order valence-corrected chi connectivity index (χ3v) is 0.785. The lowest BCUT2D eigenvalue weighted by Crippen LogP contribution is -1.82. The van der Waals surface area contributed by atoms with Gasteiger partial charge in [0.05, 0.1) is 18.5 Å². The van der Waals surface area contributed by atoms with E-state index in [1.807, 2.05) is 0 Å². The van der Waals surface area contributed by atoms with Gasteiger partial charge in [0, 0.05) is 0 Å². The third-order valence-electron chi connectivity index (χ3n) is 0.785. The number of nitrogens with zero attached hydrogens (tertiary/aromatic N) is 2. The fourth-order valence-electron chi connectivity index (χ4n) is 0.434. The summed E-state index contributed by atoms with van der Waals surface area (Å²) in [4.78, 5) is 3.60. The second-order valence-corrected chi connectivity index (χ2v) is 1.40. The van der Waals surface area contributed by atoms with Crippen LogP contribution in [0.1, 0.15) is 5.69 Å². The van der Waals surface area contributed by atoms with Crippen molar-refractivity contribution in [2.45, 2.75) is 6.61 Å². The minimum atomic E-state index is -0.131. The molecule has 0 atom stereocenters. The van der Waals surface area contributed by atoms with Crippen molar-refractivity contribution in [3.05, 3.63) is 18.2 Å². The number of aliphatic hydroxyl groups is 1. The first-order valence-corrected chi connectivity index (χ1v) is 2.16. The van der Waals surface area contributed by atoms with Gasteiger partial charge in [-0.25, -0.2) is 4.98 Å². The maximum atomic E-state index is 8.53. The van der Waals surface area contributed by atoms with E-state index in [0.29, 0.717) is 5.69 Å². The fourth-order valence-corrected chi connectivity index (χ4v) is 0.434. The van der Waals surface area contributed by atoms with Crippen LogP contribution in [0.4, 0.5) is 0 Å². The molecule has 44 valence electrons. The minimum Gasteiger partial charge on any atom is -0.427 e. The van der Waals surface area contributed by atoms with Crippen molar-refractivity contribution < 1.29 is 10.3 Å². The lowest BCUT2D eigenvalue weighted by molar-refractivity contribution is 0.184. The number of aromatic nitrogens is 2. The maximum Gasteiger partial charge on any atom is 0.132 e. The Morgan fingerprint density at radius 2 is 2.50 bits per heavy atom. The van der Waals surface area contributed by atoms with Crippen LogP contribution in [0.3, 0.4) is 0 Å². The number of aliphatic hydroxyl groups excluding tert-OH is 1. The lowest BCUT2D eigenvalue weighted by Gasteiger charge is -1.81. The predicted molar refractivity (Wildman–Crippen MR) is 25.3 cm³/mol. The van der Waals surface area contributed by atoms with Gasteiger partial charge in [-0.15, -0.1) is 0 Å². The highest BCUT2D eigenvalue weighted by atomic mass is 16.5. The number of rotatable bonds is 1. The first-order chi connectivity index (χ1) is 3.83. The van der Waals surface area contributed by atoms with Crippen LogP contribution in [-0.2, 0) is 6.61 Å².